The van der Waals surface area contributed by atoms with Crippen LogP contribution in [0.3, 0.4) is 0 Å². The summed E-state index contributed by atoms with van der Waals surface area (Å²) in [6.45, 7) is 5.57. The molecule has 0 amide bonds. The summed E-state index contributed by atoms with van der Waals surface area (Å²) in [7, 11) is 2.14. The van der Waals surface area contributed by atoms with Crippen molar-refractivity contribution in [1.29, 1.82) is 0 Å². The van der Waals surface area contributed by atoms with Crippen LogP contribution in [0.15, 0.2) is 42.5 Å². The summed E-state index contributed by atoms with van der Waals surface area (Å²) < 4.78 is 1.01. The molecule has 0 aliphatic heterocycles. The van der Waals surface area contributed by atoms with Crippen LogP contribution < -0.4 is 4.90 Å². The maximum Gasteiger partial charge on any atom is 0.124 e. The summed E-state index contributed by atoms with van der Waals surface area (Å²) in [4.78, 5) is 6.94. The summed E-state index contributed by atoms with van der Waals surface area (Å²) in [5.74, 6) is 1.01. The van der Waals surface area contributed by atoms with Crippen LogP contribution in [0, 0.1) is 5.92 Å². The SMILES string of the molecule is CC(C)CCN(C)c1ccc(-c2nc3ccc(O)cc3s2)cc1. The van der Waals surface area contributed by atoms with Gasteiger partial charge >= 0.3 is 0 Å². The van der Waals surface area contributed by atoms with Gasteiger partial charge in [0, 0.05) is 24.8 Å². The molecule has 1 N–H and O–H groups in total. The van der Waals surface area contributed by atoms with Gasteiger partial charge in [0.1, 0.15) is 10.8 Å². The van der Waals surface area contributed by atoms with Gasteiger partial charge in [-0.05, 0) is 54.8 Å². The average molecular weight is 326 g/mol. The highest BCUT2D eigenvalue weighted by Gasteiger charge is 2.08. The molecule has 0 saturated carbocycles. The zero-order valence-electron chi connectivity index (χ0n) is 13.8. The van der Waals surface area contributed by atoms with Crippen molar-refractivity contribution in [2.24, 2.45) is 5.92 Å². The highest BCUT2D eigenvalue weighted by atomic mass is 32.1. The minimum atomic E-state index is 0.287. The van der Waals surface area contributed by atoms with Gasteiger partial charge in [-0.2, -0.15) is 0 Å². The van der Waals surface area contributed by atoms with Crippen LogP contribution in [0.1, 0.15) is 20.3 Å². The van der Waals surface area contributed by atoms with E-state index in [4.69, 9.17) is 0 Å². The zero-order valence-corrected chi connectivity index (χ0v) is 14.6. The van der Waals surface area contributed by atoms with Gasteiger partial charge in [0.15, 0.2) is 0 Å². The number of rotatable bonds is 5. The lowest BCUT2D eigenvalue weighted by molar-refractivity contribution is 0.476. The molecule has 0 aliphatic carbocycles. The Morgan fingerprint density at radius 3 is 2.57 bits per heavy atom. The third kappa shape index (κ3) is 3.64. The number of anilines is 1. The summed E-state index contributed by atoms with van der Waals surface area (Å²) >= 11 is 1.61. The standard InChI is InChI=1S/C19H22N2OS/c1-13(2)10-11-21(3)15-6-4-14(5-7-15)19-20-17-9-8-16(22)12-18(17)23-19/h4-9,12-13,22H,10-11H2,1-3H3. The number of aromatic nitrogens is 1. The molecule has 2 aromatic carbocycles. The molecule has 0 aliphatic rings. The molecular weight excluding hydrogens is 304 g/mol. The lowest BCUT2D eigenvalue weighted by Gasteiger charge is -2.20. The number of hydrogen-bond donors (Lipinski definition) is 1. The van der Waals surface area contributed by atoms with Crippen molar-refractivity contribution in [3.63, 3.8) is 0 Å². The van der Waals surface area contributed by atoms with Gasteiger partial charge < -0.3 is 10.0 Å². The maximum absolute atomic E-state index is 9.57. The van der Waals surface area contributed by atoms with Crippen molar-refractivity contribution in [1.82, 2.24) is 4.98 Å². The Labute approximate surface area is 141 Å². The van der Waals surface area contributed by atoms with E-state index in [2.05, 4.69) is 55.0 Å². The molecular formula is C19H22N2OS. The second-order valence-corrected chi connectivity index (χ2v) is 7.35. The Morgan fingerprint density at radius 1 is 1.13 bits per heavy atom. The molecule has 3 rings (SSSR count). The fraction of sp³-hybridized carbons (Fsp3) is 0.316. The Morgan fingerprint density at radius 2 is 1.87 bits per heavy atom. The minimum Gasteiger partial charge on any atom is -0.508 e. The van der Waals surface area contributed by atoms with Crippen molar-refractivity contribution in [2.45, 2.75) is 20.3 Å². The van der Waals surface area contributed by atoms with E-state index >= 15 is 0 Å². The van der Waals surface area contributed by atoms with Gasteiger partial charge in [-0.15, -0.1) is 11.3 Å². The lowest BCUT2D eigenvalue weighted by Crippen LogP contribution is -2.19. The molecule has 0 unspecified atom stereocenters. The van der Waals surface area contributed by atoms with Gasteiger partial charge in [-0.25, -0.2) is 4.98 Å². The molecule has 0 spiro atoms. The van der Waals surface area contributed by atoms with Crippen LogP contribution in [0.4, 0.5) is 5.69 Å². The topological polar surface area (TPSA) is 36.4 Å². The van der Waals surface area contributed by atoms with Crippen LogP contribution >= 0.6 is 11.3 Å². The number of nitrogens with zero attached hydrogens (tertiary/aromatic N) is 2. The number of phenolic OH excluding ortho intramolecular Hbond substituents is 1. The van der Waals surface area contributed by atoms with Crippen LogP contribution in [0.2, 0.25) is 0 Å². The van der Waals surface area contributed by atoms with Gasteiger partial charge in [-0.3, -0.25) is 0 Å². The highest BCUT2D eigenvalue weighted by Crippen LogP contribution is 2.32. The van der Waals surface area contributed by atoms with E-state index in [1.807, 2.05) is 6.07 Å². The highest BCUT2D eigenvalue weighted by molar-refractivity contribution is 7.21. The zero-order chi connectivity index (χ0) is 16.4. The molecule has 3 aromatic rings. The van der Waals surface area contributed by atoms with Crippen LogP contribution in [-0.4, -0.2) is 23.7 Å². The first-order valence-electron chi connectivity index (χ1n) is 7.94. The van der Waals surface area contributed by atoms with E-state index in [0.29, 0.717) is 0 Å². The predicted molar refractivity (Wildman–Crippen MR) is 99.4 cm³/mol. The number of aromatic hydroxyl groups is 1. The van der Waals surface area contributed by atoms with Crippen molar-refractivity contribution >= 4 is 27.2 Å². The molecule has 23 heavy (non-hydrogen) atoms. The molecule has 0 saturated heterocycles. The first-order chi connectivity index (χ1) is 11.0. The summed E-state index contributed by atoms with van der Waals surface area (Å²) in [6.07, 6.45) is 1.19. The average Bonchev–Trinajstić information content (AvgIpc) is 2.95. The third-order valence-corrected chi connectivity index (χ3v) is 5.04. The lowest BCUT2D eigenvalue weighted by atomic mass is 10.1. The maximum atomic E-state index is 9.57. The van der Waals surface area contributed by atoms with E-state index < -0.39 is 0 Å². The number of hydrogen-bond acceptors (Lipinski definition) is 4. The molecule has 120 valence electrons. The number of thiazole rings is 1. The molecule has 4 heteroatoms. The van der Waals surface area contributed by atoms with E-state index in [0.717, 1.165) is 33.3 Å². The van der Waals surface area contributed by atoms with Gasteiger partial charge in [0.05, 0.1) is 10.2 Å². The molecule has 3 nitrogen and oxygen atoms in total. The van der Waals surface area contributed by atoms with E-state index in [-0.39, 0.29) is 5.75 Å². The molecule has 1 aromatic heterocycles. The van der Waals surface area contributed by atoms with Crippen molar-refractivity contribution in [2.75, 3.05) is 18.5 Å². The Balaban J connectivity index is 1.80. The van der Waals surface area contributed by atoms with Crippen molar-refractivity contribution in [3.8, 4) is 16.3 Å². The van der Waals surface area contributed by atoms with Crippen molar-refractivity contribution < 1.29 is 5.11 Å². The van der Waals surface area contributed by atoms with Gasteiger partial charge in [0.2, 0.25) is 0 Å². The minimum absolute atomic E-state index is 0.287. The normalized spacial score (nSPS) is 11.3. The molecule has 0 atom stereocenters. The van der Waals surface area contributed by atoms with E-state index in [1.165, 1.54) is 12.1 Å². The second kappa shape index (κ2) is 6.59. The predicted octanol–water partition coefficient (Wildman–Crippen LogP) is 5.15. The number of phenols is 1. The molecule has 0 fully saturated rings. The van der Waals surface area contributed by atoms with Gasteiger partial charge in [0.25, 0.3) is 0 Å². The summed E-state index contributed by atoms with van der Waals surface area (Å²) in [5.41, 5.74) is 3.28. The second-order valence-electron chi connectivity index (χ2n) is 6.32. The number of fused-ring (bicyclic) bond motifs is 1. The Hall–Kier alpha value is -2.07. The first kappa shape index (κ1) is 15.8. The van der Waals surface area contributed by atoms with Crippen molar-refractivity contribution in [3.05, 3.63) is 42.5 Å². The summed E-state index contributed by atoms with van der Waals surface area (Å²) in [5, 5.41) is 10.6. The fourth-order valence-electron chi connectivity index (χ4n) is 2.48. The van der Waals surface area contributed by atoms with E-state index in [9.17, 15) is 5.11 Å². The first-order valence-corrected chi connectivity index (χ1v) is 8.75. The smallest absolute Gasteiger partial charge is 0.124 e. The fourth-order valence-corrected chi connectivity index (χ4v) is 3.48. The van der Waals surface area contributed by atoms with Gasteiger partial charge in [-0.1, -0.05) is 13.8 Å². The van der Waals surface area contributed by atoms with E-state index in [1.54, 1.807) is 23.5 Å². The molecule has 0 bridgehead atoms. The Bertz CT molecular complexity index is 793. The van der Waals surface area contributed by atoms with Crippen LogP contribution in [-0.2, 0) is 0 Å². The Kier molecular flexibility index (Phi) is 4.53. The van der Waals surface area contributed by atoms with Crippen LogP contribution in [0.5, 0.6) is 5.75 Å². The van der Waals surface area contributed by atoms with Crippen LogP contribution in [0.25, 0.3) is 20.8 Å². The quantitative estimate of drug-likeness (QED) is 0.704. The largest absolute Gasteiger partial charge is 0.508 e. The third-order valence-electron chi connectivity index (χ3n) is 3.97. The summed E-state index contributed by atoms with van der Waals surface area (Å²) in [6, 6.07) is 13.9. The molecule has 1 heterocycles. The number of benzene rings is 2. The monoisotopic (exact) mass is 326 g/mol. The molecule has 0 radical (unpaired) electrons.